The summed E-state index contributed by atoms with van der Waals surface area (Å²) in [5, 5.41) is 3.09. The predicted molar refractivity (Wildman–Crippen MR) is 31.6 cm³/mol. The largest absolute Gasteiger partial charge is 0.307 e. The maximum Gasteiger partial charge on any atom is 0.136 e. The molecule has 2 nitrogen and oxygen atoms in total. The Bertz CT molecular complexity index is 92.5. The van der Waals surface area contributed by atoms with E-state index in [2.05, 4.69) is 12.2 Å². The van der Waals surface area contributed by atoms with Crippen LogP contribution < -0.4 is 5.32 Å². The zero-order valence-corrected chi connectivity index (χ0v) is 5.05. The van der Waals surface area contributed by atoms with E-state index in [1.165, 1.54) is 0 Å². The summed E-state index contributed by atoms with van der Waals surface area (Å²) in [6, 6.07) is 0.144. The van der Waals surface area contributed by atoms with Crippen LogP contribution in [0, 0.1) is 5.92 Å². The molecule has 0 aliphatic carbocycles. The highest BCUT2D eigenvalue weighted by molar-refractivity contribution is 5.58. The highest BCUT2D eigenvalue weighted by Crippen LogP contribution is 2.09. The summed E-state index contributed by atoms with van der Waals surface area (Å²) >= 11 is 0. The van der Waals surface area contributed by atoms with Gasteiger partial charge in [-0.25, -0.2) is 0 Å². The van der Waals surface area contributed by atoms with E-state index in [1.807, 2.05) is 0 Å². The van der Waals surface area contributed by atoms with Crippen molar-refractivity contribution < 1.29 is 4.79 Å². The van der Waals surface area contributed by atoms with Crippen molar-refractivity contribution in [3.05, 3.63) is 0 Å². The smallest absolute Gasteiger partial charge is 0.136 e. The molecule has 1 saturated heterocycles. The third-order valence-electron chi connectivity index (χ3n) is 1.55. The molecule has 8 heavy (non-hydrogen) atoms. The van der Waals surface area contributed by atoms with Crippen molar-refractivity contribution in [2.45, 2.75) is 19.4 Å². The average molecular weight is 113 g/mol. The molecular weight excluding hydrogens is 102 g/mol. The quantitative estimate of drug-likeness (QED) is 0.491. The first-order chi connectivity index (χ1) is 3.83. The minimum absolute atomic E-state index is 0.144. The van der Waals surface area contributed by atoms with Gasteiger partial charge >= 0.3 is 0 Å². The minimum atomic E-state index is 0.144. The fraction of sp³-hybridized carbons (Fsp3) is 0.833. The molecule has 1 aliphatic heterocycles. The fourth-order valence-electron chi connectivity index (χ4n) is 1.06. The van der Waals surface area contributed by atoms with Crippen LogP contribution in [0.4, 0.5) is 0 Å². The summed E-state index contributed by atoms with van der Waals surface area (Å²) in [5.41, 5.74) is 0. The zero-order chi connectivity index (χ0) is 5.98. The van der Waals surface area contributed by atoms with Crippen molar-refractivity contribution in [1.82, 2.24) is 5.32 Å². The molecule has 0 aromatic carbocycles. The lowest BCUT2D eigenvalue weighted by atomic mass is 10.1. The normalized spacial score (nSPS) is 37.6. The molecule has 1 aliphatic rings. The molecule has 0 bridgehead atoms. The van der Waals surface area contributed by atoms with Gasteiger partial charge in [0.1, 0.15) is 6.29 Å². The molecule has 1 heterocycles. The number of hydrogen-bond acceptors (Lipinski definition) is 2. The molecule has 0 amide bonds. The lowest BCUT2D eigenvalue weighted by molar-refractivity contribution is -0.109. The Morgan fingerprint density at radius 1 is 1.75 bits per heavy atom. The molecule has 1 rings (SSSR count). The Kier molecular flexibility index (Phi) is 1.63. The Balaban J connectivity index is 2.32. The van der Waals surface area contributed by atoms with Crippen LogP contribution in [-0.2, 0) is 4.79 Å². The predicted octanol–water partition coefficient (Wildman–Crippen LogP) is 0.183. The molecular formula is C6H11NO. The van der Waals surface area contributed by atoms with Gasteiger partial charge in [0.05, 0.1) is 6.04 Å². The highest BCUT2D eigenvalue weighted by Gasteiger charge is 2.18. The van der Waals surface area contributed by atoms with Crippen LogP contribution in [-0.4, -0.2) is 18.9 Å². The number of hydrogen-bond donors (Lipinski definition) is 1. The van der Waals surface area contributed by atoms with E-state index in [0.29, 0.717) is 5.92 Å². The summed E-state index contributed by atoms with van der Waals surface area (Å²) < 4.78 is 0. The lowest BCUT2D eigenvalue weighted by Gasteiger charge is -1.94. The molecule has 0 spiro atoms. The standard InChI is InChI=1S/C6H11NO/c1-5-2-6(4-8)7-3-5/h4-7H,2-3H2,1H3/t5-,6-/m0/s1. The van der Waals surface area contributed by atoms with Crippen LogP contribution >= 0.6 is 0 Å². The average Bonchev–Trinajstić information content (AvgIpc) is 2.14. The minimum Gasteiger partial charge on any atom is -0.307 e. The third kappa shape index (κ3) is 1.07. The highest BCUT2D eigenvalue weighted by atomic mass is 16.1. The number of nitrogens with one attached hydrogen (secondary N) is 1. The first kappa shape index (κ1) is 5.76. The van der Waals surface area contributed by atoms with E-state index in [4.69, 9.17) is 0 Å². The number of carbonyl (C=O) groups excluding carboxylic acids is 1. The van der Waals surface area contributed by atoms with Gasteiger partial charge in [-0.15, -0.1) is 0 Å². The van der Waals surface area contributed by atoms with Gasteiger partial charge in [-0.05, 0) is 18.9 Å². The van der Waals surface area contributed by atoms with Gasteiger partial charge in [-0.3, -0.25) is 0 Å². The van der Waals surface area contributed by atoms with Crippen LogP contribution in [0.5, 0.6) is 0 Å². The first-order valence-electron chi connectivity index (χ1n) is 3.01. The third-order valence-corrected chi connectivity index (χ3v) is 1.55. The van der Waals surface area contributed by atoms with Gasteiger partial charge in [0.2, 0.25) is 0 Å². The van der Waals surface area contributed by atoms with Crippen LogP contribution in [0.1, 0.15) is 13.3 Å². The maximum atomic E-state index is 10.1. The Morgan fingerprint density at radius 3 is 2.75 bits per heavy atom. The first-order valence-corrected chi connectivity index (χ1v) is 3.01. The Morgan fingerprint density at radius 2 is 2.50 bits per heavy atom. The van der Waals surface area contributed by atoms with Crippen LogP contribution in [0.2, 0.25) is 0 Å². The van der Waals surface area contributed by atoms with E-state index in [9.17, 15) is 4.79 Å². The zero-order valence-electron chi connectivity index (χ0n) is 5.05. The van der Waals surface area contributed by atoms with Crippen molar-refractivity contribution >= 4 is 6.29 Å². The summed E-state index contributed by atoms with van der Waals surface area (Å²) in [7, 11) is 0. The summed E-state index contributed by atoms with van der Waals surface area (Å²) in [6.07, 6.45) is 2.01. The van der Waals surface area contributed by atoms with Gasteiger partial charge < -0.3 is 10.1 Å². The van der Waals surface area contributed by atoms with Gasteiger partial charge in [0.15, 0.2) is 0 Å². The molecule has 1 fully saturated rings. The molecule has 0 aromatic heterocycles. The van der Waals surface area contributed by atoms with Crippen molar-refractivity contribution in [2.24, 2.45) is 5.92 Å². The Hall–Kier alpha value is -0.370. The van der Waals surface area contributed by atoms with E-state index < -0.39 is 0 Å². The van der Waals surface area contributed by atoms with Gasteiger partial charge in [0.25, 0.3) is 0 Å². The van der Waals surface area contributed by atoms with E-state index in [1.54, 1.807) is 0 Å². The van der Waals surface area contributed by atoms with Crippen molar-refractivity contribution in [3.63, 3.8) is 0 Å². The molecule has 2 heteroatoms. The second kappa shape index (κ2) is 2.27. The molecule has 0 saturated carbocycles. The van der Waals surface area contributed by atoms with Crippen LogP contribution in [0.25, 0.3) is 0 Å². The van der Waals surface area contributed by atoms with Gasteiger partial charge in [0, 0.05) is 0 Å². The van der Waals surface area contributed by atoms with Gasteiger partial charge in [-0.2, -0.15) is 0 Å². The van der Waals surface area contributed by atoms with Crippen LogP contribution in [0.15, 0.2) is 0 Å². The molecule has 0 radical (unpaired) electrons. The van der Waals surface area contributed by atoms with E-state index >= 15 is 0 Å². The van der Waals surface area contributed by atoms with Crippen molar-refractivity contribution in [3.8, 4) is 0 Å². The summed E-state index contributed by atoms with van der Waals surface area (Å²) in [4.78, 5) is 10.1. The molecule has 0 aromatic rings. The topological polar surface area (TPSA) is 29.1 Å². The molecule has 1 N–H and O–H groups in total. The second-order valence-corrected chi connectivity index (χ2v) is 2.49. The van der Waals surface area contributed by atoms with E-state index in [0.717, 1.165) is 19.3 Å². The monoisotopic (exact) mass is 113 g/mol. The summed E-state index contributed by atoms with van der Waals surface area (Å²) in [6.45, 7) is 3.15. The molecule has 0 unspecified atom stereocenters. The fourth-order valence-corrected chi connectivity index (χ4v) is 1.06. The van der Waals surface area contributed by atoms with Crippen molar-refractivity contribution in [1.29, 1.82) is 0 Å². The number of aldehydes is 1. The maximum absolute atomic E-state index is 10.1. The second-order valence-electron chi connectivity index (χ2n) is 2.49. The van der Waals surface area contributed by atoms with Crippen LogP contribution in [0.3, 0.4) is 0 Å². The lowest BCUT2D eigenvalue weighted by Crippen LogP contribution is -2.22. The SMILES string of the molecule is C[C@@H]1CN[C@H](C=O)C1. The van der Waals surface area contributed by atoms with Crippen molar-refractivity contribution in [2.75, 3.05) is 6.54 Å². The summed E-state index contributed by atoms with van der Waals surface area (Å²) in [5.74, 6) is 0.685. The van der Waals surface area contributed by atoms with E-state index in [-0.39, 0.29) is 6.04 Å². The number of rotatable bonds is 1. The molecule has 2 atom stereocenters. The molecule has 46 valence electrons. The Labute approximate surface area is 49.3 Å². The van der Waals surface area contributed by atoms with Gasteiger partial charge in [-0.1, -0.05) is 6.92 Å². The number of carbonyl (C=O) groups is 1.